The third-order valence-electron chi connectivity index (χ3n) is 5.24. The second-order valence-electron chi connectivity index (χ2n) is 8.16. The lowest BCUT2D eigenvalue weighted by atomic mass is 10.0. The van der Waals surface area contributed by atoms with Crippen LogP contribution in [0, 0.1) is 0 Å². The molecule has 0 unspecified atom stereocenters. The van der Waals surface area contributed by atoms with Gasteiger partial charge in [-0.2, -0.15) is 43.9 Å². The molecule has 0 saturated heterocycles. The average molecular weight is 571 g/mol. The number of anilines is 1. The van der Waals surface area contributed by atoms with Crippen molar-refractivity contribution in [2.24, 2.45) is 0 Å². The highest BCUT2D eigenvalue weighted by Crippen LogP contribution is 2.44. The van der Waals surface area contributed by atoms with E-state index in [-0.39, 0.29) is 28.5 Å². The first-order chi connectivity index (χ1) is 18.1. The van der Waals surface area contributed by atoms with E-state index < -0.39 is 49.6 Å². The van der Waals surface area contributed by atoms with Crippen LogP contribution in [-0.2, 0) is 12.5 Å². The van der Waals surface area contributed by atoms with Gasteiger partial charge >= 0.3 is 24.9 Å². The van der Waals surface area contributed by atoms with Crippen LogP contribution in [0.3, 0.4) is 0 Å². The van der Waals surface area contributed by atoms with Crippen LogP contribution in [0.4, 0.5) is 49.6 Å². The quantitative estimate of drug-likeness (QED) is 0.254. The fourth-order valence-electron chi connectivity index (χ4n) is 3.42. The van der Waals surface area contributed by atoms with Crippen molar-refractivity contribution in [3.63, 3.8) is 0 Å². The minimum atomic E-state index is -5.90. The maximum absolute atomic E-state index is 13.8. The second-order valence-corrected chi connectivity index (χ2v) is 8.16. The molecule has 0 heterocycles. The van der Waals surface area contributed by atoms with E-state index in [1.807, 2.05) is 0 Å². The van der Waals surface area contributed by atoms with Crippen LogP contribution in [0.2, 0.25) is 0 Å². The number of alkyl halides is 10. The summed E-state index contributed by atoms with van der Waals surface area (Å²) >= 11 is 0. The molecule has 3 aromatic rings. The normalized spacial score (nSPS) is 13.3. The van der Waals surface area contributed by atoms with Gasteiger partial charge in [0.2, 0.25) is 0 Å². The van der Waals surface area contributed by atoms with Gasteiger partial charge in [0.25, 0.3) is 0 Å². The predicted molar refractivity (Wildman–Crippen MR) is 119 cm³/mol. The van der Waals surface area contributed by atoms with Gasteiger partial charge in [-0.1, -0.05) is 30.3 Å². The molecule has 3 aromatic carbocycles. The number of hydrogen-bond acceptors (Lipinski definition) is 4. The molecule has 0 aromatic heterocycles. The third kappa shape index (κ3) is 7.91. The summed E-state index contributed by atoms with van der Waals surface area (Å²) < 4.78 is 140. The number of aliphatic hydroxyl groups excluding tert-OH is 1. The zero-order valence-corrected chi connectivity index (χ0v) is 19.5. The number of hydrogen-bond donors (Lipinski definition) is 1. The van der Waals surface area contributed by atoms with Crippen molar-refractivity contribution in [1.29, 1.82) is 0 Å². The first-order valence-electron chi connectivity index (χ1n) is 10.9. The standard InChI is InChI=1S/C25H19F10NO3/c26-22(27)39-20-9-3-8-19(12-20)38-18-7-2-6-17(11-18)36(14-21(37)24(30,31)32)13-15-4-1-5-16(10-15)23(28,29)25(33,34)35/h1-12,21-22,37H,13-14H2/t21-/m1/s1. The Hall–Kier alpha value is -3.68. The minimum Gasteiger partial charge on any atom is -0.457 e. The Balaban J connectivity index is 1.92. The lowest BCUT2D eigenvalue weighted by Gasteiger charge is -2.29. The Labute approximate surface area is 215 Å². The van der Waals surface area contributed by atoms with E-state index in [4.69, 9.17) is 4.74 Å². The van der Waals surface area contributed by atoms with E-state index in [1.54, 1.807) is 0 Å². The Morgan fingerprint density at radius 2 is 1.33 bits per heavy atom. The van der Waals surface area contributed by atoms with Crippen LogP contribution in [0.1, 0.15) is 11.1 Å². The van der Waals surface area contributed by atoms with Crippen molar-refractivity contribution in [2.75, 3.05) is 11.4 Å². The van der Waals surface area contributed by atoms with E-state index in [0.29, 0.717) is 12.1 Å². The van der Waals surface area contributed by atoms with E-state index in [9.17, 15) is 49.0 Å². The molecule has 0 aliphatic carbocycles. The number of ether oxygens (including phenoxy) is 2. The molecule has 0 radical (unpaired) electrons. The maximum atomic E-state index is 13.8. The highest BCUT2D eigenvalue weighted by Gasteiger charge is 2.58. The van der Waals surface area contributed by atoms with Gasteiger partial charge in [0.1, 0.15) is 17.2 Å². The third-order valence-corrected chi connectivity index (χ3v) is 5.24. The van der Waals surface area contributed by atoms with Crippen molar-refractivity contribution >= 4 is 5.69 Å². The van der Waals surface area contributed by atoms with Crippen molar-refractivity contribution in [1.82, 2.24) is 0 Å². The smallest absolute Gasteiger partial charge is 0.457 e. The molecule has 4 nitrogen and oxygen atoms in total. The minimum absolute atomic E-state index is 0.00514. The number of rotatable bonds is 10. The first-order valence-corrected chi connectivity index (χ1v) is 10.9. The van der Waals surface area contributed by atoms with Crippen molar-refractivity contribution in [2.45, 2.75) is 37.5 Å². The Morgan fingerprint density at radius 1 is 0.744 bits per heavy atom. The van der Waals surface area contributed by atoms with Gasteiger partial charge in [-0.25, -0.2) is 0 Å². The van der Waals surface area contributed by atoms with Crippen molar-refractivity contribution < 1.29 is 58.5 Å². The summed E-state index contributed by atoms with van der Waals surface area (Å²) in [5.41, 5.74) is -1.63. The number of benzene rings is 3. The fourth-order valence-corrected chi connectivity index (χ4v) is 3.42. The second kappa shape index (κ2) is 11.6. The van der Waals surface area contributed by atoms with Gasteiger partial charge in [0.05, 0.1) is 6.54 Å². The zero-order chi connectivity index (χ0) is 29.0. The molecule has 0 amide bonds. The van der Waals surface area contributed by atoms with Gasteiger partial charge in [-0.05, 0) is 35.9 Å². The number of aliphatic hydroxyl groups is 1. The maximum Gasteiger partial charge on any atom is 0.458 e. The SMILES string of the molecule is O[C@H](CN(Cc1cccc(C(F)(F)C(F)(F)F)c1)c1cccc(Oc2cccc(OC(F)F)c2)c1)C(F)(F)F. The van der Waals surface area contributed by atoms with Gasteiger partial charge < -0.3 is 19.5 Å². The first kappa shape index (κ1) is 29.9. The summed E-state index contributed by atoms with van der Waals surface area (Å²) in [6, 6.07) is 13.4. The average Bonchev–Trinajstić information content (AvgIpc) is 2.82. The molecule has 14 heteroatoms. The van der Waals surface area contributed by atoms with Gasteiger partial charge in [0, 0.05) is 29.9 Å². The monoisotopic (exact) mass is 571 g/mol. The summed E-state index contributed by atoms with van der Waals surface area (Å²) in [5, 5.41) is 9.65. The lowest BCUT2D eigenvalue weighted by molar-refractivity contribution is -0.289. The van der Waals surface area contributed by atoms with Crippen LogP contribution in [0.25, 0.3) is 0 Å². The molecule has 39 heavy (non-hydrogen) atoms. The molecular weight excluding hydrogens is 552 g/mol. The summed E-state index contributed by atoms with van der Waals surface area (Å²) in [6.07, 6.45) is -13.9. The summed E-state index contributed by atoms with van der Waals surface area (Å²) in [4.78, 5) is 0.909. The Kier molecular flexibility index (Phi) is 8.88. The molecule has 0 fully saturated rings. The largest absolute Gasteiger partial charge is 0.458 e. The summed E-state index contributed by atoms with van der Waals surface area (Å²) in [7, 11) is 0. The highest BCUT2D eigenvalue weighted by molar-refractivity contribution is 5.52. The van der Waals surface area contributed by atoms with Crippen molar-refractivity contribution in [3.05, 3.63) is 83.9 Å². The van der Waals surface area contributed by atoms with Crippen molar-refractivity contribution in [3.8, 4) is 17.2 Å². The summed E-state index contributed by atoms with van der Waals surface area (Å²) in [5.74, 6) is -5.42. The van der Waals surface area contributed by atoms with Crippen LogP contribution in [0.5, 0.6) is 17.2 Å². The Morgan fingerprint density at radius 3 is 1.95 bits per heavy atom. The van der Waals surface area contributed by atoms with E-state index in [0.717, 1.165) is 23.1 Å². The van der Waals surface area contributed by atoms with Crippen LogP contribution >= 0.6 is 0 Å². The highest BCUT2D eigenvalue weighted by atomic mass is 19.4. The van der Waals surface area contributed by atoms with E-state index in [2.05, 4.69) is 4.74 Å². The molecule has 212 valence electrons. The molecule has 0 aliphatic rings. The molecule has 0 spiro atoms. The lowest BCUT2D eigenvalue weighted by Crippen LogP contribution is -2.41. The van der Waals surface area contributed by atoms with Gasteiger partial charge in [-0.3, -0.25) is 0 Å². The van der Waals surface area contributed by atoms with Gasteiger partial charge in [0.15, 0.2) is 6.10 Å². The number of halogens is 10. The topological polar surface area (TPSA) is 41.9 Å². The van der Waals surface area contributed by atoms with Crippen LogP contribution in [-0.4, -0.2) is 36.7 Å². The number of nitrogens with zero attached hydrogens (tertiary/aromatic N) is 1. The molecule has 1 atom stereocenters. The van der Waals surface area contributed by atoms with Crippen LogP contribution < -0.4 is 14.4 Å². The fraction of sp³-hybridized carbons (Fsp3) is 0.280. The molecule has 0 saturated carbocycles. The van der Waals surface area contributed by atoms with Gasteiger partial charge in [-0.15, -0.1) is 0 Å². The summed E-state index contributed by atoms with van der Waals surface area (Å²) in [6.45, 7) is -4.81. The van der Waals surface area contributed by atoms with Crippen LogP contribution in [0.15, 0.2) is 72.8 Å². The molecule has 0 aliphatic heterocycles. The molecule has 0 bridgehead atoms. The molecule has 3 rings (SSSR count). The Bertz CT molecular complexity index is 1250. The van der Waals surface area contributed by atoms with E-state index >= 15 is 0 Å². The zero-order valence-electron chi connectivity index (χ0n) is 19.5. The molecule has 1 N–H and O–H groups in total. The molecular formula is C25H19F10NO3. The van der Waals surface area contributed by atoms with E-state index in [1.165, 1.54) is 42.5 Å². The predicted octanol–water partition coefficient (Wildman–Crippen LogP) is 7.66.